The standard InChI is InChI=1S/C71H110O27/c1-35-61(44(81-9)28-53(86-35)91-43-22-23-67(7)42(27-43)21-24-70(79)50(67)33-51(93-52(74)20-19-41-17-15-14-16-18-41)68(8)69(78,40(6)73)25-26-71(68,70)80)94-54-29-45(82-10)62(36(2)87-54)95-55-30-46(83-11)63(37(3)88-55)96-56-31-47(84-12)64(38(4)89-56)97-57-32-48(85-13)65(39(5)90-57)98-66-60(77)59(76)58(75)49(34-72)92-66/h14-21,35-40,43-51,53-66,72-73,75-80H,22-34H2,1-13H3/b20-19+/t35-,36-,37-,38-,39-,40+,43+,44+,45+,46-,47+,48+,49-,50-,51-,53+,54+,55+,56+,57+,58-,59+,60-,61-,62-,63-,64-,65-,66+,67+,68-,69-,70+,71-/m1/s1. The maximum atomic E-state index is 13.7. The average molecular weight is 1400 g/mol. The van der Waals surface area contributed by atoms with Crippen LogP contribution in [-0.2, 0) is 90.1 Å². The number of aliphatic hydroxyl groups excluding tert-OH is 5. The summed E-state index contributed by atoms with van der Waals surface area (Å²) in [5, 5.41) is 90.7. The first-order chi connectivity index (χ1) is 46.6. The van der Waals surface area contributed by atoms with Crippen LogP contribution in [0.25, 0.3) is 6.08 Å². The molecule has 10 aliphatic rings. The Morgan fingerprint density at radius 2 is 1.02 bits per heavy atom. The molecule has 27 heteroatoms. The number of esters is 1. The highest BCUT2D eigenvalue weighted by Gasteiger charge is 2.81. The molecule has 6 heterocycles. The van der Waals surface area contributed by atoms with Gasteiger partial charge in [0.15, 0.2) is 37.7 Å². The van der Waals surface area contributed by atoms with Crippen LogP contribution >= 0.6 is 0 Å². The zero-order chi connectivity index (χ0) is 70.6. The minimum atomic E-state index is -1.93. The maximum Gasteiger partial charge on any atom is 0.331 e. The lowest BCUT2D eigenvalue weighted by molar-refractivity contribution is -0.360. The van der Waals surface area contributed by atoms with Gasteiger partial charge in [-0.05, 0) is 104 Å². The summed E-state index contributed by atoms with van der Waals surface area (Å²) in [5.74, 6) is -1.23. The predicted octanol–water partition coefficient (Wildman–Crippen LogP) is 3.39. The van der Waals surface area contributed by atoms with E-state index in [1.165, 1.54) is 20.1 Å². The number of ether oxygens (including phenoxy) is 18. The highest BCUT2D eigenvalue weighted by Crippen LogP contribution is 2.71. The molecule has 6 aliphatic heterocycles. The first-order valence-corrected chi connectivity index (χ1v) is 35.2. The number of carbonyl (C=O) groups excluding carboxylic acids is 1. The molecule has 4 aliphatic carbocycles. The zero-order valence-corrected chi connectivity index (χ0v) is 58.9. The number of hydrogen-bond acceptors (Lipinski definition) is 27. The minimum Gasteiger partial charge on any atom is -0.458 e. The summed E-state index contributed by atoms with van der Waals surface area (Å²) in [5.41, 5.74) is -5.93. The molecule has 6 saturated heterocycles. The summed E-state index contributed by atoms with van der Waals surface area (Å²) >= 11 is 0. The number of fused-ring (bicyclic) bond motifs is 5. The van der Waals surface area contributed by atoms with Crippen molar-refractivity contribution in [3.05, 3.63) is 53.6 Å². The van der Waals surface area contributed by atoms with E-state index in [1.807, 2.05) is 64.1 Å². The van der Waals surface area contributed by atoms with E-state index in [1.54, 1.807) is 48.4 Å². The monoisotopic (exact) mass is 1390 g/mol. The minimum absolute atomic E-state index is 0.00131. The Bertz CT molecular complexity index is 2840. The van der Waals surface area contributed by atoms with Crippen LogP contribution in [-0.4, -0.2) is 278 Å². The summed E-state index contributed by atoms with van der Waals surface area (Å²) in [6.07, 6.45) is -13.1. The number of aliphatic hydroxyl groups is 8. The van der Waals surface area contributed by atoms with Gasteiger partial charge in [0.25, 0.3) is 0 Å². The van der Waals surface area contributed by atoms with Gasteiger partial charge in [0, 0.05) is 79.6 Å². The van der Waals surface area contributed by atoms with Crippen molar-refractivity contribution in [3.8, 4) is 0 Å². The summed E-state index contributed by atoms with van der Waals surface area (Å²) in [6.45, 7) is 14.0. The first kappa shape index (κ1) is 76.3. The van der Waals surface area contributed by atoms with Gasteiger partial charge < -0.3 is 126 Å². The molecule has 3 saturated carbocycles. The van der Waals surface area contributed by atoms with Crippen molar-refractivity contribution in [1.82, 2.24) is 0 Å². The van der Waals surface area contributed by atoms with E-state index in [4.69, 9.17) is 85.3 Å². The molecular formula is C71H110O27. The Morgan fingerprint density at radius 1 is 0.582 bits per heavy atom. The summed E-state index contributed by atoms with van der Waals surface area (Å²) < 4.78 is 114. The average Bonchev–Trinajstić information content (AvgIpc) is 1.38. The number of methoxy groups -OCH3 is 5. The fraction of sp³-hybridized carbons (Fsp3) is 0.845. The molecule has 1 aromatic carbocycles. The van der Waals surface area contributed by atoms with Gasteiger partial charge in [-0.15, -0.1) is 0 Å². The highest BCUT2D eigenvalue weighted by atomic mass is 16.8. The van der Waals surface area contributed by atoms with Crippen molar-refractivity contribution in [2.75, 3.05) is 42.2 Å². The van der Waals surface area contributed by atoms with Crippen LogP contribution in [0.4, 0.5) is 0 Å². The van der Waals surface area contributed by atoms with E-state index >= 15 is 0 Å². The van der Waals surface area contributed by atoms with Crippen LogP contribution in [0.5, 0.6) is 0 Å². The third-order valence-corrected chi connectivity index (χ3v) is 24.1. The van der Waals surface area contributed by atoms with Gasteiger partial charge in [0.1, 0.15) is 77.8 Å². The van der Waals surface area contributed by atoms with Gasteiger partial charge in [0.2, 0.25) is 0 Å². The molecule has 98 heavy (non-hydrogen) atoms. The Hall–Kier alpha value is -2.83. The van der Waals surface area contributed by atoms with Gasteiger partial charge in [-0.1, -0.05) is 55.8 Å². The van der Waals surface area contributed by atoms with Crippen molar-refractivity contribution in [2.45, 2.75) is 321 Å². The van der Waals surface area contributed by atoms with Crippen molar-refractivity contribution in [2.24, 2.45) is 16.7 Å². The Balaban J connectivity index is 0.655. The van der Waals surface area contributed by atoms with E-state index in [-0.39, 0.29) is 38.2 Å². The first-order valence-electron chi connectivity index (χ1n) is 35.2. The van der Waals surface area contributed by atoms with E-state index < -0.39 is 212 Å². The summed E-state index contributed by atoms with van der Waals surface area (Å²) in [4.78, 5) is 13.7. The molecule has 0 amide bonds. The van der Waals surface area contributed by atoms with Gasteiger partial charge in [-0.3, -0.25) is 0 Å². The van der Waals surface area contributed by atoms with Gasteiger partial charge in [-0.2, -0.15) is 0 Å². The van der Waals surface area contributed by atoms with E-state index in [9.17, 15) is 45.6 Å². The Kier molecular flexibility index (Phi) is 24.2. The molecular weight excluding hydrogens is 1280 g/mol. The Labute approximate surface area is 574 Å². The highest BCUT2D eigenvalue weighted by molar-refractivity contribution is 5.87. The molecule has 8 N–H and O–H groups in total. The molecule has 0 spiro atoms. The lowest BCUT2D eigenvalue weighted by Gasteiger charge is -2.67. The molecule has 34 atom stereocenters. The van der Waals surface area contributed by atoms with E-state index in [0.29, 0.717) is 44.9 Å². The van der Waals surface area contributed by atoms with E-state index in [2.05, 4.69) is 6.92 Å². The van der Waals surface area contributed by atoms with Gasteiger partial charge in [-0.25, -0.2) is 4.79 Å². The lowest BCUT2D eigenvalue weighted by Crippen LogP contribution is -2.78. The van der Waals surface area contributed by atoms with Crippen molar-refractivity contribution < 1.29 is 131 Å². The molecule has 11 rings (SSSR count). The molecule has 9 fully saturated rings. The molecule has 0 bridgehead atoms. The molecule has 556 valence electrons. The quantitative estimate of drug-likeness (QED) is 0.0468. The SMILES string of the molecule is CO[C@H]1C[C@H](O[C@H]2CC[C@@]3(C)C(=CC[C@]4(O)[C@@H]3C[C@@H](OC(=O)/C=C/c3ccccc3)[C@@]3(C)[C@]4(O)CC[C@@]3(O)[C@H](C)O)C2)O[C@H](C)[C@H]1O[C@H]1C[C@H](OC)[C@H](O[C@H]2C[C@@H](OC)[C@H](O[C@H]3C[C@H](OC)[C@H](O[C@H]4C[C@H](OC)[C@H](O[C@@H]5O[C@H](CO)[C@@H](O)[C@H](O)[C@H]5O)[C@@H](C)O4)[C@@H](C)O3)[C@@H](C)O2)[C@@H](C)O1. The predicted molar refractivity (Wildman–Crippen MR) is 344 cm³/mol. The number of hydrogen-bond donors (Lipinski definition) is 8. The van der Waals surface area contributed by atoms with Crippen LogP contribution in [0.1, 0.15) is 138 Å². The van der Waals surface area contributed by atoms with Crippen molar-refractivity contribution >= 4 is 12.0 Å². The summed E-state index contributed by atoms with van der Waals surface area (Å²) in [6, 6.07) is 9.33. The van der Waals surface area contributed by atoms with Gasteiger partial charge in [0.05, 0.1) is 85.3 Å². The Morgan fingerprint density at radius 3 is 1.45 bits per heavy atom. The number of benzene rings is 1. The van der Waals surface area contributed by atoms with Gasteiger partial charge >= 0.3 is 5.97 Å². The third-order valence-electron chi connectivity index (χ3n) is 24.1. The van der Waals surface area contributed by atoms with Crippen LogP contribution in [0, 0.1) is 16.7 Å². The normalized spacial score (nSPS) is 49.5. The lowest BCUT2D eigenvalue weighted by atomic mass is 9.42. The fourth-order valence-corrected chi connectivity index (χ4v) is 18.3. The van der Waals surface area contributed by atoms with Crippen LogP contribution in [0.15, 0.2) is 48.1 Å². The smallest absolute Gasteiger partial charge is 0.331 e. The van der Waals surface area contributed by atoms with Crippen molar-refractivity contribution in [3.63, 3.8) is 0 Å². The van der Waals surface area contributed by atoms with Crippen LogP contribution in [0.3, 0.4) is 0 Å². The second-order valence-corrected chi connectivity index (χ2v) is 29.5. The number of carbonyl (C=O) groups is 1. The van der Waals surface area contributed by atoms with Crippen molar-refractivity contribution in [1.29, 1.82) is 0 Å². The molecule has 0 radical (unpaired) electrons. The van der Waals surface area contributed by atoms with E-state index in [0.717, 1.165) is 11.1 Å². The fourth-order valence-electron chi connectivity index (χ4n) is 18.3. The molecule has 27 nitrogen and oxygen atoms in total. The third kappa shape index (κ3) is 14.4. The largest absolute Gasteiger partial charge is 0.458 e. The zero-order valence-electron chi connectivity index (χ0n) is 58.9. The maximum absolute atomic E-state index is 13.7. The topological polar surface area (TPSA) is 345 Å². The number of rotatable bonds is 22. The second-order valence-electron chi connectivity index (χ2n) is 29.5. The molecule has 1 aromatic rings. The van der Waals surface area contributed by atoms with Crippen LogP contribution < -0.4 is 0 Å². The molecule has 0 aromatic heterocycles. The van der Waals surface area contributed by atoms with Crippen LogP contribution in [0.2, 0.25) is 0 Å². The second kappa shape index (κ2) is 31.1. The summed E-state index contributed by atoms with van der Waals surface area (Å²) in [7, 11) is 7.99. The molecule has 0 unspecified atom stereocenters.